The van der Waals surface area contributed by atoms with Crippen LogP contribution in [0.1, 0.15) is 28.8 Å². The second-order valence-corrected chi connectivity index (χ2v) is 7.01. The van der Waals surface area contributed by atoms with Crippen LogP contribution in [0.15, 0.2) is 73.1 Å². The zero-order valence-corrected chi connectivity index (χ0v) is 15.3. The molecule has 0 aliphatic carbocycles. The van der Waals surface area contributed by atoms with Gasteiger partial charge in [0.2, 0.25) is 0 Å². The molecule has 1 aliphatic rings. The molecule has 3 aromatic rings. The molecule has 5 nitrogen and oxygen atoms in total. The van der Waals surface area contributed by atoms with Crippen molar-refractivity contribution in [2.24, 2.45) is 0 Å². The summed E-state index contributed by atoms with van der Waals surface area (Å²) in [6, 6.07) is 20.2. The van der Waals surface area contributed by atoms with Crippen LogP contribution in [0.5, 0.6) is 0 Å². The largest absolute Gasteiger partial charge is 0.349 e. The summed E-state index contributed by atoms with van der Waals surface area (Å²) in [5, 5.41) is 7.39. The van der Waals surface area contributed by atoms with E-state index in [0.717, 1.165) is 38.2 Å². The number of aromatic nitrogens is 2. The summed E-state index contributed by atoms with van der Waals surface area (Å²) in [6.07, 6.45) is 5.61. The van der Waals surface area contributed by atoms with Crippen molar-refractivity contribution in [1.82, 2.24) is 20.0 Å². The molecule has 2 aromatic carbocycles. The molecule has 0 unspecified atom stereocenters. The number of likely N-dealkylation sites (tertiary alicyclic amines) is 1. The molecule has 1 fully saturated rings. The number of rotatable bonds is 5. The van der Waals surface area contributed by atoms with E-state index in [1.54, 1.807) is 10.9 Å². The monoisotopic (exact) mass is 360 g/mol. The van der Waals surface area contributed by atoms with E-state index >= 15 is 0 Å². The third kappa shape index (κ3) is 4.44. The van der Waals surface area contributed by atoms with Gasteiger partial charge in [-0.2, -0.15) is 5.10 Å². The van der Waals surface area contributed by atoms with Crippen molar-refractivity contribution >= 4 is 5.91 Å². The van der Waals surface area contributed by atoms with Crippen LogP contribution in [0, 0.1) is 0 Å². The van der Waals surface area contributed by atoms with E-state index in [0.29, 0.717) is 5.56 Å². The van der Waals surface area contributed by atoms with Crippen LogP contribution in [-0.2, 0) is 6.54 Å². The predicted molar refractivity (Wildman–Crippen MR) is 106 cm³/mol. The Morgan fingerprint density at radius 3 is 2.41 bits per heavy atom. The Balaban J connectivity index is 1.28. The number of piperidine rings is 1. The lowest BCUT2D eigenvalue weighted by Gasteiger charge is -2.32. The third-order valence-corrected chi connectivity index (χ3v) is 5.07. The molecular weight excluding hydrogens is 336 g/mol. The van der Waals surface area contributed by atoms with Crippen LogP contribution in [0.2, 0.25) is 0 Å². The van der Waals surface area contributed by atoms with Gasteiger partial charge in [-0.15, -0.1) is 0 Å². The Morgan fingerprint density at radius 2 is 1.74 bits per heavy atom. The molecule has 1 saturated heterocycles. The molecule has 1 aromatic heterocycles. The number of benzene rings is 2. The van der Waals surface area contributed by atoms with E-state index in [2.05, 4.69) is 39.6 Å². The normalized spacial score (nSPS) is 15.6. The molecule has 0 radical (unpaired) electrons. The third-order valence-electron chi connectivity index (χ3n) is 5.07. The summed E-state index contributed by atoms with van der Waals surface area (Å²) in [6.45, 7) is 3.01. The lowest BCUT2D eigenvalue weighted by Crippen LogP contribution is -2.44. The highest BCUT2D eigenvalue weighted by molar-refractivity contribution is 5.94. The molecule has 5 heteroatoms. The van der Waals surface area contributed by atoms with Crippen LogP contribution in [-0.4, -0.2) is 39.7 Å². The Bertz CT molecular complexity index is 851. The van der Waals surface area contributed by atoms with Gasteiger partial charge in [-0.25, -0.2) is 4.68 Å². The second kappa shape index (κ2) is 8.18. The van der Waals surface area contributed by atoms with Gasteiger partial charge in [0.15, 0.2) is 0 Å². The van der Waals surface area contributed by atoms with Gasteiger partial charge in [0.05, 0.1) is 5.69 Å². The maximum Gasteiger partial charge on any atom is 0.251 e. The molecule has 1 amide bonds. The lowest BCUT2D eigenvalue weighted by atomic mass is 10.0. The molecule has 138 valence electrons. The van der Waals surface area contributed by atoms with Crippen LogP contribution >= 0.6 is 0 Å². The first kappa shape index (κ1) is 17.5. The number of nitrogens with one attached hydrogen (secondary N) is 1. The maximum atomic E-state index is 12.5. The van der Waals surface area contributed by atoms with E-state index in [1.165, 1.54) is 5.56 Å². The van der Waals surface area contributed by atoms with Crippen LogP contribution in [0.25, 0.3) is 5.69 Å². The summed E-state index contributed by atoms with van der Waals surface area (Å²) < 4.78 is 1.78. The van der Waals surface area contributed by atoms with E-state index in [4.69, 9.17) is 0 Å². The Labute approximate surface area is 159 Å². The van der Waals surface area contributed by atoms with E-state index in [1.807, 2.05) is 42.6 Å². The van der Waals surface area contributed by atoms with Gasteiger partial charge in [-0.3, -0.25) is 9.69 Å². The highest BCUT2D eigenvalue weighted by Gasteiger charge is 2.21. The van der Waals surface area contributed by atoms with Gasteiger partial charge in [-0.05, 0) is 48.7 Å². The lowest BCUT2D eigenvalue weighted by molar-refractivity contribution is 0.0909. The quantitative estimate of drug-likeness (QED) is 0.760. The van der Waals surface area contributed by atoms with Crippen LogP contribution in [0.3, 0.4) is 0 Å². The minimum Gasteiger partial charge on any atom is -0.349 e. The van der Waals surface area contributed by atoms with Crippen molar-refractivity contribution in [1.29, 1.82) is 0 Å². The minimum absolute atomic E-state index is 0.00326. The van der Waals surface area contributed by atoms with E-state index < -0.39 is 0 Å². The Kier molecular flexibility index (Phi) is 5.30. The molecule has 1 aliphatic heterocycles. The van der Waals surface area contributed by atoms with Crippen molar-refractivity contribution in [3.63, 3.8) is 0 Å². The fourth-order valence-corrected chi connectivity index (χ4v) is 3.53. The predicted octanol–water partition coefficient (Wildman–Crippen LogP) is 3.27. The van der Waals surface area contributed by atoms with Gasteiger partial charge in [0.1, 0.15) is 0 Å². The van der Waals surface area contributed by atoms with Gasteiger partial charge in [0, 0.05) is 43.6 Å². The highest BCUT2D eigenvalue weighted by atomic mass is 16.1. The smallest absolute Gasteiger partial charge is 0.251 e. The maximum absolute atomic E-state index is 12.5. The SMILES string of the molecule is O=C(NC1CCN(Cc2ccccc2)CC1)c1ccc(-n2cccn2)cc1. The molecule has 0 atom stereocenters. The van der Waals surface area contributed by atoms with Crippen LogP contribution < -0.4 is 5.32 Å². The van der Waals surface area contributed by atoms with E-state index in [-0.39, 0.29) is 11.9 Å². The molecular formula is C22H24N4O. The van der Waals surface area contributed by atoms with Crippen LogP contribution in [0.4, 0.5) is 0 Å². The highest BCUT2D eigenvalue weighted by Crippen LogP contribution is 2.15. The fraction of sp³-hybridized carbons (Fsp3) is 0.273. The number of hydrogen-bond acceptors (Lipinski definition) is 3. The molecule has 0 bridgehead atoms. The zero-order valence-electron chi connectivity index (χ0n) is 15.3. The fourth-order valence-electron chi connectivity index (χ4n) is 3.53. The summed E-state index contributed by atoms with van der Waals surface area (Å²) >= 11 is 0. The summed E-state index contributed by atoms with van der Waals surface area (Å²) in [4.78, 5) is 15.0. The van der Waals surface area contributed by atoms with E-state index in [9.17, 15) is 4.79 Å². The summed E-state index contributed by atoms with van der Waals surface area (Å²) in [7, 11) is 0. The number of nitrogens with zero attached hydrogens (tertiary/aromatic N) is 3. The molecule has 0 saturated carbocycles. The minimum atomic E-state index is 0.00326. The summed E-state index contributed by atoms with van der Waals surface area (Å²) in [5.41, 5.74) is 2.99. The average molecular weight is 360 g/mol. The number of amides is 1. The molecule has 27 heavy (non-hydrogen) atoms. The van der Waals surface area contributed by atoms with Gasteiger partial charge in [0.25, 0.3) is 5.91 Å². The first-order chi connectivity index (χ1) is 13.3. The first-order valence-corrected chi connectivity index (χ1v) is 9.45. The Hall–Kier alpha value is -2.92. The van der Waals surface area contributed by atoms with Crippen molar-refractivity contribution in [2.45, 2.75) is 25.4 Å². The number of carbonyl (C=O) groups excluding carboxylic acids is 1. The number of carbonyl (C=O) groups is 1. The van der Waals surface area contributed by atoms with Crippen molar-refractivity contribution in [3.8, 4) is 5.69 Å². The number of hydrogen-bond donors (Lipinski definition) is 1. The van der Waals surface area contributed by atoms with Gasteiger partial charge >= 0.3 is 0 Å². The Morgan fingerprint density at radius 1 is 1.00 bits per heavy atom. The topological polar surface area (TPSA) is 50.2 Å². The standard InChI is InChI=1S/C22H24N4O/c27-22(19-7-9-21(10-8-19)26-14-4-13-23-26)24-20-11-15-25(16-12-20)17-18-5-2-1-3-6-18/h1-10,13-14,20H,11-12,15-17H2,(H,24,27). The molecule has 4 rings (SSSR count). The zero-order chi connectivity index (χ0) is 18.5. The molecule has 0 spiro atoms. The first-order valence-electron chi connectivity index (χ1n) is 9.45. The van der Waals surface area contributed by atoms with Crippen molar-refractivity contribution in [2.75, 3.05) is 13.1 Å². The second-order valence-electron chi connectivity index (χ2n) is 7.01. The van der Waals surface area contributed by atoms with Crippen molar-refractivity contribution in [3.05, 3.63) is 84.2 Å². The molecule has 2 heterocycles. The average Bonchev–Trinajstić information content (AvgIpc) is 3.25. The summed E-state index contributed by atoms with van der Waals surface area (Å²) in [5.74, 6) is 0.00326. The van der Waals surface area contributed by atoms with Gasteiger partial charge in [-0.1, -0.05) is 30.3 Å². The van der Waals surface area contributed by atoms with Gasteiger partial charge < -0.3 is 5.32 Å². The van der Waals surface area contributed by atoms with Crippen molar-refractivity contribution < 1.29 is 4.79 Å². The molecule has 1 N–H and O–H groups in total.